The van der Waals surface area contributed by atoms with Crippen molar-refractivity contribution in [3.63, 3.8) is 0 Å². The first-order valence-corrected chi connectivity index (χ1v) is 17.8. The summed E-state index contributed by atoms with van der Waals surface area (Å²) in [6, 6.07) is 36.5. The summed E-state index contributed by atoms with van der Waals surface area (Å²) < 4.78 is 18.8. The van der Waals surface area contributed by atoms with Crippen LogP contribution in [0.5, 0.6) is 5.75 Å². The van der Waals surface area contributed by atoms with Gasteiger partial charge >= 0.3 is 11.9 Å². The van der Waals surface area contributed by atoms with Gasteiger partial charge in [-0.1, -0.05) is 90.5 Å². The number of nitrogens with zero attached hydrogens (tertiary/aromatic N) is 3. The lowest BCUT2D eigenvalue weighted by Gasteiger charge is -2.40. The van der Waals surface area contributed by atoms with Crippen molar-refractivity contribution in [2.24, 2.45) is 0 Å². The van der Waals surface area contributed by atoms with E-state index in [4.69, 9.17) is 19.2 Å². The number of aryl methyl sites for hydroxylation is 1. The molecule has 9 nitrogen and oxygen atoms in total. The summed E-state index contributed by atoms with van der Waals surface area (Å²) in [4.78, 5) is 48.2. The smallest absolute Gasteiger partial charge is 0.339 e. The van der Waals surface area contributed by atoms with Crippen molar-refractivity contribution in [1.82, 2.24) is 14.5 Å². The predicted molar refractivity (Wildman–Crippen MR) is 203 cm³/mol. The van der Waals surface area contributed by atoms with Crippen molar-refractivity contribution >= 4 is 28.6 Å². The highest BCUT2D eigenvalue weighted by Crippen LogP contribution is 2.40. The first kappa shape index (κ1) is 35.2. The quantitative estimate of drug-likeness (QED) is 0.133. The summed E-state index contributed by atoms with van der Waals surface area (Å²) in [5.74, 6) is 0.221. The van der Waals surface area contributed by atoms with Crippen molar-refractivity contribution in [3.8, 4) is 22.8 Å². The molecular formula is C44H41N3O6. The molecule has 0 bridgehead atoms. The average Bonchev–Trinajstić information content (AvgIpc) is 3.65. The molecule has 2 heterocycles. The summed E-state index contributed by atoms with van der Waals surface area (Å²) in [5.41, 5.74) is 3.91. The SMILES string of the molecule is CCOc1cccc(-n2cc(C(=O)N3CCC(C(=O)OC)(c4cc(C(=O)OCc5ccccc5)c5ccccc5c4)CC3)nc2-c2ccc(C)cc2)c1. The zero-order chi connectivity index (χ0) is 37.0. The Labute approximate surface area is 308 Å². The molecule has 9 heteroatoms. The Kier molecular flexibility index (Phi) is 10.1. The lowest BCUT2D eigenvalue weighted by molar-refractivity contribution is -0.149. The Morgan fingerprint density at radius 3 is 2.30 bits per heavy atom. The van der Waals surface area contributed by atoms with Gasteiger partial charge in [0.15, 0.2) is 0 Å². The van der Waals surface area contributed by atoms with Crippen LogP contribution in [0.2, 0.25) is 0 Å². The zero-order valence-electron chi connectivity index (χ0n) is 30.1. The van der Waals surface area contributed by atoms with Gasteiger partial charge in [-0.2, -0.15) is 0 Å². The fourth-order valence-electron chi connectivity index (χ4n) is 7.09. The molecule has 5 aromatic carbocycles. The maximum absolute atomic E-state index is 14.2. The van der Waals surface area contributed by atoms with Gasteiger partial charge in [-0.25, -0.2) is 9.78 Å². The molecule has 6 aromatic rings. The van der Waals surface area contributed by atoms with E-state index < -0.39 is 17.4 Å². The van der Waals surface area contributed by atoms with E-state index in [0.29, 0.717) is 42.1 Å². The van der Waals surface area contributed by atoms with Gasteiger partial charge in [0.2, 0.25) is 0 Å². The number of methoxy groups -OCH3 is 1. The van der Waals surface area contributed by atoms with Crippen LogP contribution in [-0.4, -0.2) is 59.1 Å². The molecule has 53 heavy (non-hydrogen) atoms. The second kappa shape index (κ2) is 15.2. The average molecular weight is 708 g/mol. The van der Waals surface area contributed by atoms with E-state index >= 15 is 0 Å². The highest BCUT2D eigenvalue weighted by Gasteiger charge is 2.46. The number of benzene rings is 5. The molecule has 1 aliphatic rings. The number of imidazole rings is 1. The van der Waals surface area contributed by atoms with Crippen molar-refractivity contribution < 1.29 is 28.6 Å². The molecule has 0 atom stereocenters. The molecule has 0 unspecified atom stereocenters. The fraction of sp³-hybridized carbons (Fsp3) is 0.227. The van der Waals surface area contributed by atoms with Crippen LogP contribution in [0.4, 0.5) is 0 Å². The number of piperidine rings is 1. The van der Waals surface area contributed by atoms with E-state index in [9.17, 15) is 14.4 Å². The second-order valence-corrected chi connectivity index (χ2v) is 13.3. The maximum Gasteiger partial charge on any atom is 0.339 e. The van der Waals surface area contributed by atoms with Crippen molar-refractivity contribution in [3.05, 3.63) is 149 Å². The summed E-state index contributed by atoms with van der Waals surface area (Å²) in [5, 5.41) is 1.54. The molecule has 268 valence electrons. The standard InChI is InChI=1S/C44H41N3O6/c1-4-52-36-15-10-14-35(27-36)47-28-39(45-40(47)32-19-17-30(2)18-20-32)41(48)46-23-21-44(22-24-46,43(50)51-3)34-25-33-13-8-9-16-37(33)38(26-34)42(49)53-29-31-11-6-5-7-12-31/h5-20,25-28H,4,21-24,29H2,1-3H3. The lowest BCUT2D eigenvalue weighted by Crippen LogP contribution is -2.49. The largest absolute Gasteiger partial charge is 0.494 e. The minimum atomic E-state index is -1.09. The monoisotopic (exact) mass is 707 g/mol. The molecule has 0 spiro atoms. The van der Waals surface area contributed by atoms with E-state index in [1.807, 2.05) is 128 Å². The number of aromatic nitrogens is 2. The van der Waals surface area contributed by atoms with Gasteiger partial charge < -0.3 is 19.1 Å². The number of ether oxygens (including phenoxy) is 3. The molecule has 0 aliphatic carbocycles. The number of fused-ring (bicyclic) bond motifs is 1. The van der Waals surface area contributed by atoms with Gasteiger partial charge in [-0.05, 0) is 72.9 Å². The normalized spacial score (nSPS) is 13.8. The molecule has 7 rings (SSSR count). The third-order valence-electron chi connectivity index (χ3n) is 9.97. The molecule has 0 saturated carbocycles. The van der Waals surface area contributed by atoms with Gasteiger partial charge in [0.1, 0.15) is 23.9 Å². The third-order valence-corrected chi connectivity index (χ3v) is 9.97. The first-order valence-electron chi connectivity index (χ1n) is 17.8. The lowest BCUT2D eigenvalue weighted by atomic mass is 9.71. The number of amides is 1. The number of carbonyl (C=O) groups excluding carboxylic acids is 3. The van der Waals surface area contributed by atoms with E-state index in [2.05, 4.69) is 0 Å². The van der Waals surface area contributed by atoms with Gasteiger partial charge in [0, 0.05) is 30.9 Å². The van der Waals surface area contributed by atoms with Crippen molar-refractivity contribution in [1.29, 1.82) is 0 Å². The Bertz CT molecular complexity index is 2270. The van der Waals surface area contributed by atoms with E-state index in [-0.39, 0.29) is 25.6 Å². The molecule has 1 saturated heterocycles. The van der Waals surface area contributed by atoms with Crippen LogP contribution in [0.15, 0.2) is 121 Å². The maximum atomic E-state index is 14.2. The summed E-state index contributed by atoms with van der Waals surface area (Å²) in [7, 11) is 1.37. The van der Waals surface area contributed by atoms with E-state index in [0.717, 1.165) is 38.9 Å². The van der Waals surface area contributed by atoms with Crippen LogP contribution in [-0.2, 0) is 26.3 Å². The van der Waals surface area contributed by atoms with Crippen LogP contribution in [0.25, 0.3) is 27.8 Å². The molecule has 1 fully saturated rings. The number of esters is 2. The molecule has 1 aromatic heterocycles. The van der Waals surface area contributed by atoms with E-state index in [1.165, 1.54) is 7.11 Å². The minimum absolute atomic E-state index is 0.122. The highest BCUT2D eigenvalue weighted by atomic mass is 16.5. The number of hydrogen-bond donors (Lipinski definition) is 0. The summed E-state index contributed by atoms with van der Waals surface area (Å²) in [6.07, 6.45) is 2.36. The van der Waals surface area contributed by atoms with Gasteiger partial charge in [0.05, 0.1) is 30.4 Å². The van der Waals surface area contributed by atoms with Crippen LogP contribution in [0.1, 0.15) is 57.3 Å². The molecule has 0 radical (unpaired) electrons. The van der Waals surface area contributed by atoms with Gasteiger partial charge in [-0.15, -0.1) is 0 Å². The minimum Gasteiger partial charge on any atom is -0.494 e. The molecular weight excluding hydrogens is 666 g/mol. The third kappa shape index (κ3) is 7.15. The number of carbonyl (C=O) groups is 3. The Morgan fingerprint density at radius 2 is 1.57 bits per heavy atom. The Balaban J connectivity index is 1.19. The van der Waals surface area contributed by atoms with E-state index in [1.54, 1.807) is 17.2 Å². The first-order chi connectivity index (χ1) is 25.8. The van der Waals surface area contributed by atoms with Crippen LogP contribution in [0, 0.1) is 6.92 Å². The Hall–Kier alpha value is -6.22. The second-order valence-electron chi connectivity index (χ2n) is 13.3. The molecule has 1 amide bonds. The van der Waals surface area contributed by atoms with Crippen LogP contribution in [0.3, 0.4) is 0 Å². The topological polar surface area (TPSA) is 100.0 Å². The van der Waals surface area contributed by atoms with Crippen LogP contribution >= 0.6 is 0 Å². The highest BCUT2D eigenvalue weighted by molar-refractivity contribution is 6.05. The summed E-state index contributed by atoms with van der Waals surface area (Å²) in [6.45, 7) is 5.17. The number of likely N-dealkylation sites (tertiary alicyclic amines) is 1. The number of hydrogen-bond acceptors (Lipinski definition) is 7. The fourth-order valence-corrected chi connectivity index (χ4v) is 7.09. The summed E-state index contributed by atoms with van der Waals surface area (Å²) >= 11 is 0. The van der Waals surface area contributed by atoms with Crippen molar-refractivity contribution in [2.45, 2.75) is 38.7 Å². The predicted octanol–water partition coefficient (Wildman–Crippen LogP) is 8.10. The van der Waals surface area contributed by atoms with Crippen LogP contribution < -0.4 is 4.74 Å². The molecule has 1 aliphatic heterocycles. The Morgan fingerprint density at radius 1 is 0.830 bits per heavy atom. The molecule has 0 N–H and O–H groups in total. The van der Waals surface area contributed by atoms with Gasteiger partial charge in [-0.3, -0.25) is 14.2 Å². The van der Waals surface area contributed by atoms with Gasteiger partial charge in [0.25, 0.3) is 5.91 Å². The van der Waals surface area contributed by atoms with Crippen molar-refractivity contribution in [2.75, 3.05) is 26.8 Å². The number of rotatable bonds is 10. The zero-order valence-corrected chi connectivity index (χ0v) is 30.1.